The first-order valence-electron chi connectivity index (χ1n) is 10.6. The van der Waals surface area contributed by atoms with Crippen molar-refractivity contribution >= 4 is 16.9 Å². The van der Waals surface area contributed by atoms with Crippen molar-refractivity contribution in [2.24, 2.45) is 0 Å². The fourth-order valence-corrected chi connectivity index (χ4v) is 4.03. The van der Waals surface area contributed by atoms with Gasteiger partial charge in [0.05, 0.1) is 25.8 Å². The van der Waals surface area contributed by atoms with Crippen LogP contribution in [0.2, 0.25) is 0 Å². The van der Waals surface area contributed by atoms with Crippen LogP contribution in [0.4, 0.5) is 0 Å². The standard InChI is InChI=1S/C22H24N2O5.C2H4O3/c1-28-19-9-12-7-14(8-13(12)10-20(19)29-2)23-11-18(26)15-3-5-17(25)22-16(15)4-6-21(27)24-22;3-1-2(4)5/h3-6,9-10,14,18,23,25-26H,7-8,11H2,1-2H3,(H,24,27);3H,1H2,(H,4,5). The summed E-state index contributed by atoms with van der Waals surface area (Å²) in [5.41, 5.74) is 3.11. The highest BCUT2D eigenvalue weighted by Gasteiger charge is 2.25. The molecule has 1 atom stereocenters. The van der Waals surface area contributed by atoms with E-state index < -0.39 is 18.7 Å². The van der Waals surface area contributed by atoms with E-state index in [9.17, 15) is 15.0 Å². The summed E-state index contributed by atoms with van der Waals surface area (Å²) in [7, 11) is 3.25. The van der Waals surface area contributed by atoms with Gasteiger partial charge in [0, 0.05) is 24.0 Å². The average molecular weight is 472 g/mol. The molecule has 4 rings (SSSR count). The molecule has 3 aromatic rings. The number of carboxylic acid groups (broad SMARTS) is 1. The summed E-state index contributed by atoms with van der Waals surface area (Å²) >= 11 is 0. The van der Waals surface area contributed by atoms with Crippen LogP contribution >= 0.6 is 0 Å². The zero-order valence-electron chi connectivity index (χ0n) is 18.9. The van der Waals surface area contributed by atoms with E-state index >= 15 is 0 Å². The van der Waals surface area contributed by atoms with E-state index in [2.05, 4.69) is 10.3 Å². The smallest absolute Gasteiger partial charge is 0.329 e. The summed E-state index contributed by atoms with van der Waals surface area (Å²) in [4.78, 5) is 23.3. The van der Waals surface area contributed by atoms with E-state index in [-0.39, 0.29) is 17.4 Å². The number of aliphatic hydroxyl groups excluding tert-OH is 2. The second-order valence-electron chi connectivity index (χ2n) is 7.84. The minimum absolute atomic E-state index is 0.0178. The summed E-state index contributed by atoms with van der Waals surface area (Å²) in [6.45, 7) is -0.425. The predicted molar refractivity (Wildman–Crippen MR) is 125 cm³/mol. The highest BCUT2D eigenvalue weighted by molar-refractivity contribution is 5.87. The fraction of sp³-hybridized carbons (Fsp3) is 0.333. The number of fused-ring (bicyclic) bond motifs is 2. The first-order chi connectivity index (χ1) is 16.3. The number of phenols is 1. The average Bonchev–Trinajstić information content (AvgIpc) is 3.24. The number of hydrogen-bond acceptors (Lipinski definition) is 8. The predicted octanol–water partition coefficient (Wildman–Crippen LogP) is 1.10. The number of rotatable bonds is 7. The molecule has 10 nitrogen and oxygen atoms in total. The van der Waals surface area contributed by atoms with E-state index in [0.717, 1.165) is 24.3 Å². The first-order valence-corrected chi connectivity index (χ1v) is 10.6. The second-order valence-corrected chi connectivity index (χ2v) is 7.84. The Labute approximate surface area is 195 Å². The molecule has 0 aliphatic heterocycles. The van der Waals surface area contributed by atoms with E-state index in [1.54, 1.807) is 26.4 Å². The van der Waals surface area contributed by atoms with Crippen molar-refractivity contribution in [1.29, 1.82) is 0 Å². The van der Waals surface area contributed by atoms with Gasteiger partial charge in [0.1, 0.15) is 12.4 Å². The van der Waals surface area contributed by atoms with Crippen LogP contribution in [0.1, 0.15) is 22.8 Å². The molecule has 0 bridgehead atoms. The number of nitrogens with one attached hydrogen (secondary N) is 2. The lowest BCUT2D eigenvalue weighted by Gasteiger charge is -2.18. The Morgan fingerprint density at radius 2 is 1.71 bits per heavy atom. The van der Waals surface area contributed by atoms with Crippen LogP contribution in [-0.4, -0.2) is 64.8 Å². The molecule has 1 unspecified atom stereocenters. The number of ether oxygens (including phenoxy) is 2. The molecule has 1 aromatic heterocycles. The molecule has 10 heteroatoms. The minimum Gasteiger partial charge on any atom is -0.506 e. The van der Waals surface area contributed by atoms with E-state index in [4.69, 9.17) is 24.5 Å². The van der Waals surface area contributed by atoms with Crippen molar-refractivity contribution in [3.8, 4) is 17.2 Å². The zero-order chi connectivity index (χ0) is 24.8. The molecule has 0 saturated heterocycles. The second kappa shape index (κ2) is 11.0. The number of H-pyrrole nitrogens is 1. The lowest BCUT2D eigenvalue weighted by Crippen LogP contribution is -2.33. The van der Waals surface area contributed by atoms with Crippen LogP contribution in [0.5, 0.6) is 17.2 Å². The molecule has 0 amide bonds. The summed E-state index contributed by atoms with van der Waals surface area (Å²) in [5, 5.41) is 39.8. The van der Waals surface area contributed by atoms with E-state index in [1.165, 1.54) is 23.3 Å². The van der Waals surface area contributed by atoms with Gasteiger partial charge in [0.15, 0.2) is 11.5 Å². The summed E-state index contributed by atoms with van der Waals surface area (Å²) in [5.74, 6) is 0.230. The van der Waals surface area contributed by atoms with E-state index in [1.807, 2.05) is 12.1 Å². The number of aromatic hydroxyl groups is 1. The van der Waals surface area contributed by atoms with Gasteiger partial charge in [0.2, 0.25) is 5.56 Å². The monoisotopic (exact) mass is 472 g/mol. The third kappa shape index (κ3) is 5.66. The Kier molecular flexibility index (Phi) is 8.11. The quantitative estimate of drug-likeness (QED) is 0.296. The fourth-order valence-electron chi connectivity index (χ4n) is 4.03. The van der Waals surface area contributed by atoms with Crippen molar-refractivity contribution in [1.82, 2.24) is 10.3 Å². The molecule has 0 saturated carbocycles. The Bertz CT molecular complexity index is 1190. The number of phenolic OH excluding ortho intramolecular Hbond substituents is 1. The van der Waals surface area contributed by atoms with Crippen LogP contribution in [0.3, 0.4) is 0 Å². The molecule has 1 heterocycles. The van der Waals surface area contributed by atoms with Crippen LogP contribution < -0.4 is 20.3 Å². The molecule has 2 aromatic carbocycles. The minimum atomic E-state index is -1.19. The van der Waals surface area contributed by atoms with Gasteiger partial charge in [-0.05, 0) is 53.8 Å². The number of hydrogen-bond donors (Lipinski definition) is 6. The number of pyridine rings is 1. The number of methoxy groups -OCH3 is 2. The van der Waals surface area contributed by atoms with Gasteiger partial charge in [-0.15, -0.1) is 0 Å². The van der Waals surface area contributed by atoms with Crippen LogP contribution in [0, 0.1) is 0 Å². The first kappa shape index (κ1) is 25.0. The maximum Gasteiger partial charge on any atom is 0.329 e. The summed E-state index contributed by atoms with van der Waals surface area (Å²) in [6, 6.07) is 10.4. The maximum absolute atomic E-state index is 11.6. The molecule has 6 N–H and O–H groups in total. The SMILES string of the molecule is COc1cc2c(cc1OC)CC(NCC(O)c1ccc(O)c3[nH]c(=O)ccc13)C2.O=C(O)CO. The topological polar surface area (TPSA) is 161 Å². The molecule has 1 aliphatic carbocycles. The number of aromatic amines is 1. The largest absolute Gasteiger partial charge is 0.506 e. The third-order valence-electron chi connectivity index (χ3n) is 5.64. The van der Waals surface area contributed by atoms with Crippen molar-refractivity contribution in [3.05, 3.63) is 63.4 Å². The summed E-state index contributed by atoms with van der Waals surface area (Å²) < 4.78 is 10.8. The van der Waals surface area contributed by atoms with Crippen LogP contribution in [0.25, 0.3) is 10.9 Å². The van der Waals surface area contributed by atoms with Gasteiger partial charge in [-0.2, -0.15) is 0 Å². The van der Waals surface area contributed by atoms with Crippen LogP contribution in [-0.2, 0) is 17.6 Å². The van der Waals surface area contributed by atoms with E-state index in [0.29, 0.717) is 23.0 Å². The highest BCUT2D eigenvalue weighted by atomic mass is 16.5. The molecule has 34 heavy (non-hydrogen) atoms. The number of carboxylic acids is 1. The lowest BCUT2D eigenvalue weighted by molar-refractivity contribution is -0.140. The third-order valence-corrected chi connectivity index (χ3v) is 5.64. The van der Waals surface area contributed by atoms with Gasteiger partial charge < -0.3 is 40.2 Å². The zero-order valence-corrected chi connectivity index (χ0v) is 18.9. The summed E-state index contributed by atoms with van der Waals surface area (Å²) in [6.07, 6.45) is 0.898. The van der Waals surface area contributed by atoms with Crippen molar-refractivity contribution < 1.29 is 34.7 Å². The van der Waals surface area contributed by atoms with Gasteiger partial charge in [-0.1, -0.05) is 6.07 Å². The molecular weight excluding hydrogens is 444 g/mol. The van der Waals surface area contributed by atoms with Crippen molar-refractivity contribution in [3.63, 3.8) is 0 Å². The number of benzene rings is 2. The molecule has 0 spiro atoms. The highest BCUT2D eigenvalue weighted by Crippen LogP contribution is 2.35. The Hall–Kier alpha value is -3.60. The number of aliphatic hydroxyl groups is 2. The Morgan fingerprint density at radius 1 is 1.12 bits per heavy atom. The number of aromatic nitrogens is 1. The normalized spacial score (nSPS) is 13.6. The van der Waals surface area contributed by atoms with Gasteiger partial charge in [-0.25, -0.2) is 4.79 Å². The molecule has 182 valence electrons. The number of carbonyl (C=O) groups is 1. The Balaban J connectivity index is 0.000000588. The molecule has 0 fully saturated rings. The van der Waals surface area contributed by atoms with Crippen molar-refractivity contribution in [2.75, 3.05) is 27.4 Å². The van der Waals surface area contributed by atoms with Gasteiger partial charge >= 0.3 is 5.97 Å². The lowest BCUT2D eigenvalue weighted by atomic mass is 10.0. The molecule has 0 radical (unpaired) electrons. The van der Waals surface area contributed by atoms with Crippen molar-refractivity contribution in [2.45, 2.75) is 25.0 Å². The Morgan fingerprint density at radius 3 is 2.24 bits per heavy atom. The molecular formula is C24H28N2O8. The van der Waals surface area contributed by atoms with Gasteiger partial charge in [0.25, 0.3) is 0 Å². The molecule has 1 aliphatic rings. The van der Waals surface area contributed by atoms with Crippen LogP contribution in [0.15, 0.2) is 41.2 Å². The number of aliphatic carboxylic acids is 1. The van der Waals surface area contributed by atoms with Gasteiger partial charge in [-0.3, -0.25) is 4.79 Å². The maximum atomic E-state index is 11.6.